The molecule has 0 saturated carbocycles. The van der Waals surface area contributed by atoms with Gasteiger partial charge < -0.3 is 9.90 Å². The van der Waals surface area contributed by atoms with Crippen molar-refractivity contribution >= 4 is 23.4 Å². The van der Waals surface area contributed by atoms with Crippen LogP contribution >= 0.6 is 11.6 Å². The molecule has 0 saturated heterocycles. The summed E-state index contributed by atoms with van der Waals surface area (Å²) in [6, 6.07) is 4.53. The fourth-order valence-corrected chi connectivity index (χ4v) is 1.31. The van der Waals surface area contributed by atoms with Crippen LogP contribution in [0.15, 0.2) is 18.2 Å². The maximum absolute atomic E-state index is 10.9. The summed E-state index contributed by atoms with van der Waals surface area (Å²) in [5, 5.41) is 10.6. The molecule has 0 aliphatic rings. The summed E-state index contributed by atoms with van der Waals surface area (Å²) < 4.78 is 0. The SMILES string of the molecule is CC(=O)c1ccc(CC(=O)[O-])c(Cl)c1. The molecule has 0 spiro atoms. The Morgan fingerprint density at radius 3 is 2.50 bits per heavy atom. The van der Waals surface area contributed by atoms with Gasteiger partial charge in [-0.05, 0) is 18.6 Å². The van der Waals surface area contributed by atoms with E-state index in [0.29, 0.717) is 11.1 Å². The zero-order valence-electron chi connectivity index (χ0n) is 7.54. The van der Waals surface area contributed by atoms with Gasteiger partial charge in [-0.3, -0.25) is 4.79 Å². The van der Waals surface area contributed by atoms with Gasteiger partial charge in [-0.25, -0.2) is 0 Å². The molecule has 74 valence electrons. The van der Waals surface area contributed by atoms with E-state index in [1.54, 1.807) is 6.07 Å². The molecule has 1 rings (SSSR count). The Morgan fingerprint density at radius 2 is 2.07 bits per heavy atom. The van der Waals surface area contributed by atoms with Crippen molar-refractivity contribution in [2.75, 3.05) is 0 Å². The third kappa shape index (κ3) is 2.57. The second kappa shape index (κ2) is 4.24. The number of Topliss-reactive ketones (excluding diaryl/α,β-unsaturated/α-hetero) is 1. The molecule has 0 aromatic heterocycles. The van der Waals surface area contributed by atoms with Gasteiger partial charge in [-0.2, -0.15) is 0 Å². The molecule has 1 aromatic carbocycles. The molecular formula is C10H8ClO3-. The van der Waals surface area contributed by atoms with E-state index in [1.165, 1.54) is 19.1 Å². The molecular weight excluding hydrogens is 204 g/mol. The average molecular weight is 212 g/mol. The minimum Gasteiger partial charge on any atom is -0.550 e. The van der Waals surface area contributed by atoms with E-state index < -0.39 is 5.97 Å². The van der Waals surface area contributed by atoms with Crippen molar-refractivity contribution in [2.45, 2.75) is 13.3 Å². The summed E-state index contributed by atoms with van der Waals surface area (Å²) in [7, 11) is 0. The first-order valence-corrected chi connectivity index (χ1v) is 4.37. The Balaban J connectivity index is 3.01. The minimum atomic E-state index is -1.19. The predicted octanol–water partition coefficient (Wildman–Crippen LogP) is 0.835. The molecule has 0 unspecified atom stereocenters. The maximum Gasteiger partial charge on any atom is 0.159 e. The highest BCUT2D eigenvalue weighted by Gasteiger charge is 2.04. The summed E-state index contributed by atoms with van der Waals surface area (Å²) in [5.41, 5.74) is 0.925. The zero-order chi connectivity index (χ0) is 10.7. The van der Waals surface area contributed by atoms with E-state index in [1.807, 2.05) is 0 Å². The molecule has 1 aromatic rings. The molecule has 0 fully saturated rings. The molecule has 0 atom stereocenters. The van der Waals surface area contributed by atoms with Gasteiger partial charge in [0.25, 0.3) is 0 Å². The molecule has 0 aliphatic heterocycles. The molecule has 3 nitrogen and oxygen atoms in total. The fraction of sp³-hybridized carbons (Fsp3) is 0.200. The average Bonchev–Trinajstić information content (AvgIpc) is 2.07. The van der Waals surface area contributed by atoms with Gasteiger partial charge in [0, 0.05) is 23.0 Å². The highest BCUT2D eigenvalue weighted by Crippen LogP contribution is 2.18. The second-order valence-electron chi connectivity index (χ2n) is 2.91. The van der Waals surface area contributed by atoms with Crippen molar-refractivity contribution in [2.24, 2.45) is 0 Å². The van der Waals surface area contributed by atoms with Crippen molar-refractivity contribution in [1.82, 2.24) is 0 Å². The summed E-state index contributed by atoms with van der Waals surface area (Å²) in [4.78, 5) is 21.2. The van der Waals surface area contributed by atoms with Crippen LogP contribution in [-0.4, -0.2) is 11.8 Å². The van der Waals surface area contributed by atoms with Crippen molar-refractivity contribution in [3.05, 3.63) is 34.3 Å². The van der Waals surface area contributed by atoms with Crippen LogP contribution in [0.1, 0.15) is 22.8 Å². The molecule has 0 bridgehead atoms. The molecule has 0 radical (unpaired) electrons. The first kappa shape index (κ1) is 10.7. The van der Waals surface area contributed by atoms with E-state index in [0.717, 1.165) is 0 Å². The van der Waals surface area contributed by atoms with Crippen LogP contribution in [0.5, 0.6) is 0 Å². The first-order valence-electron chi connectivity index (χ1n) is 4.00. The lowest BCUT2D eigenvalue weighted by atomic mass is 10.1. The predicted molar refractivity (Wildman–Crippen MR) is 50.2 cm³/mol. The Hall–Kier alpha value is -1.35. The number of carbonyl (C=O) groups excluding carboxylic acids is 2. The Labute approximate surface area is 86.3 Å². The standard InChI is InChI=1S/C10H9ClO3/c1-6(12)7-2-3-8(5-10(13)14)9(11)4-7/h2-4H,5H2,1H3,(H,13,14)/p-1. The number of carboxylic acids is 1. The monoisotopic (exact) mass is 211 g/mol. The number of halogens is 1. The minimum absolute atomic E-state index is 0.105. The Kier molecular flexibility index (Phi) is 3.25. The van der Waals surface area contributed by atoms with E-state index in [2.05, 4.69) is 0 Å². The van der Waals surface area contributed by atoms with Crippen LogP contribution in [0.3, 0.4) is 0 Å². The number of aliphatic carboxylic acids is 1. The lowest BCUT2D eigenvalue weighted by Gasteiger charge is -2.05. The van der Waals surface area contributed by atoms with E-state index >= 15 is 0 Å². The molecule has 0 heterocycles. The van der Waals surface area contributed by atoms with E-state index in [4.69, 9.17) is 11.6 Å². The maximum atomic E-state index is 10.9. The van der Waals surface area contributed by atoms with Crippen molar-refractivity contribution in [3.8, 4) is 0 Å². The highest BCUT2D eigenvalue weighted by atomic mass is 35.5. The Morgan fingerprint density at radius 1 is 1.43 bits per heavy atom. The smallest absolute Gasteiger partial charge is 0.159 e. The zero-order valence-corrected chi connectivity index (χ0v) is 8.30. The number of hydrogen-bond acceptors (Lipinski definition) is 3. The number of benzene rings is 1. The van der Waals surface area contributed by atoms with E-state index in [9.17, 15) is 14.7 Å². The number of carbonyl (C=O) groups is 2. The van der Waals surface area contributed by atoms with Gasteiger partial charge in [-0.15, -0.1) is 0 Å². The Bertz CT molecular complexity index is 385. The largest absolute Gasteiger partial charge is 0.550 e. The van der Waals surface area contributed by atoms with Gasteiger partial charge in [0.15, 0.2) is 5.78 Å². The first-order chi connectivity index (χ1) is 6.50. The number of hydrogen-bond donors (Lipinski definition) is 0. The summed E-state index contributed by atoms with van der Waals surface area (Å²) in [5.74, 6) is -1.30. The quantitative estimate of drug-likeness (QED) is 0.696. The normalized spacial score (nSPS) is 9.86. The van der Waals surface area contributed by atoms with Crippen LogP contribution in [0.25, 0.3) is 0 Å². The molecule has 0 aliphatic carbocycles. The summed E-state index contributed by atoms with van der Waals surface area (Å²) >= 11 is 5.77. The van der Waals surface area contributed by atoms with Gasteiger partial charge >= 0.3 is 0 Å². The molecule has 0 N–H and O–H groups in total. The lowest BCUT2D eigenvalue weighted by Crippen LogP contribution is -2.24. The molecule has 14 heavy (non-hydrogen) atoms. The van der Waals surface area contributed by atoms with Crippen molar-refractivity contribution in [1.29, 1.82) is 0 Å². The van der Waals surface area contributed by atoms with E-state index in [-0.39, 0.29) is 17.2 Å². The highest BCUT2D eigenvalue weighted by molar-refractivity contribution is 6.31. The number of ketones is 1. The molecule has 0 amide bonds. The number of rotatable bonds is 3. The van der Waals surface area contributed by atoms with Crippen LogP contribution in [-0.2, 0) is 11.2 Å². The van der Waals surface area contributed by atoms with Crippen LogP contribution in [0.4, 0.5) is 0 Å². The van der Waals surface area contributed by atoms with Crippen LogP contribution < -0.4 is 5.11 Å². The molecule has 4 heteroatoms. The van der Waals surface area contributed by atoms with Crippen LogP contribution in [0, 0.1) is 0 Å². The van der Waals surface area contributed by atoms with Gasteiger partial charge in [0.2, 0.25) is 0 Å². The van der Waals surface area contributed by atoms with Crippen molar-refractivity contribution < 1.29 is 14.7 Å². The third-order valence-electron chi connectivity index (χ3n) is 1.79. The summed E-state index contributed by atoms with van der Waals surface area (Å²) in [6.07, 6.45) is -0.239. The lowest BCUT2D eigenvalue weighted by molar-refractivity contribution is -0.304. The summed E-state index contributed by atoms with van der Waals surface area (Å²) in [6.45, 7) is 1.42. The second-order valence-corrected chi connectivity index (χ2v) is 3.32. The van der Waals surface area contributed by atoms with Gasteiger partial charge in [0.1, 0.15) is 0 Å². The topological polar surface area (TPSA) is 57.2 Å². The van der Waals surface area contributed by atoms with Gasteiger partial charge in [0.05, 0.1) is 0 Å². The van der Waals surface area contributed by atoms with Gasteiger partial charge in [-0.1, -0.05) is 23.7 Å². The number of carboxylic acid groups (broad SMARTS) is 1. The third-order valence-corrected chi connectivity index (χ3v) is 2.15. The van der Waals surface area contributed by atoms with Crippen molar-refractivity contribution in [3.63, 3.8) is 0 Å². The fourth-order valence-electron chi connectivity index (χ4n) is 1.07. The van der Waals surface area contributed by atoms with Crippen LogP contribution in [0.2, 0.25) is 5.02 Å².